The molecule has 0 unspecified atom stereocenters. The van der Waals surface area contributed by atoms with Gasteiger partial charge in [-0.3, -0.25) is 9.78 Å². The summed E-state index contributed by atoms with van der Waals surface area (Å²) in [6.07, 6.45) is -4.61. The lowest BCUT2D eigenvalue weighted by Gasteiger charge is -2.09. The Morgan fingerprint density at radius 1 is 1.35 bits per heavy atom. The van der Waals surface area contributed by atoms with Crippen LogP contribution >= 0.6 is 11.6 Å². The Bertz CT molecular complexity index is 670. The maximum Gasteiger partial charge on any atom is 0.416 e. The molecule has 1 aromatic heterocycles. The summed E-state index contributed by atoms with van der Waals surface area (Å²) >= 11 is 5.98. The Balaban J connectivity index is 2.53. The number of pyridine rings is 1. The Hall–Kier alpha value is -1.82. The predicted octanol–water partition coefficient (Wildman–Crippen LogP) is 3.62. The number of methoxy groups -OCH3 is 1. The molecule has 0 N–H and O–H groups in total. The molecule has 20 heavy (non-hydrogen) atoms. The quantitative estimate of drug-likeness (QED) is 0.795. The zero-order valence-corrected chi connectivity index (χ0v) is 11.0. The van der Waals surface area contributed by atoms with Crippen LogP contribution in [0.1, 0.15) is 11.3 Å². The van der Waals surface area contributed by atoms with Crippen molar-refractivity contribution in [3.05, 3.63) is 40.5 Å². The Labute approximate surface area is 117 Å². The fraction of sp³-hybridized carbons (Fsp3) is 0.231. The Morgan fingerprint density at radius 3 is 2.65 bits per heavy atom. The minimum atomic E-state index is -4.46. The lowest BCUT2D eigenvalue weighted by Crippen LogP contribution is -2.07. The van der Waals surface area contributed by atoms with Gasteiger partial charge < -0.3 is 4.74 Å². The first kappa shape index (κ1) is 14.6. The van der Waals surface area contributed by atoms with Gasteiger partial charge in [0.1, 0.15) is 0 Å². The monoisotopic (exact) mass is 303 g/mol. The summed E-state index contributed by atoms with van der Waals surface area (Å²) in [5, 5.41) is 0.635. The first-order valence-corrected chi connectivity index (χ1v) is 5.92. The molecular formula is C13H9ClF3NO2. The van der Waals surface area contributed by atoms with Crippen LogP contribution in [-0.2, 0) is 22.1 Å². The van der Waals surface area contributed by atoms with Crippen LogP contribution in [0.4, 0.5) is 13.2 Å². The number of carbonyl (C=O) groups excluding carboxylic acids is 1. The SMILES string of the molecule is COC(=O)Cc1cc(Cl)c2ccc(C(F)(F)F)cc2n1. The summed E-state index contributed by atoms with van der Waals surface area (Å²) in [5.41, 5.74) is -0.469. The number of fused-ring (bicyclic) bond motifs is 1. The van der Waals surface area contributed by atoms with Gasteiger partial charge in [-0.1, -0.05) is 17.7 Å². The van der Waals surface area contributed by atoms with Crippen LogP contribution in [0.25, 0.3) is 10.9 Å². The van der Waals surface area contributed by atoms with Crippen LogP contribution in [-0.4, -0.2) is 18.1 Å². The first-order valence-electron chi connectivity index (χ1n) is 5.54. The number of ether oxygens (including phenoxy) is 1. The lowest BCUT2D eigenvalue weighted by molar-refractivity contribution is -0.140. The van der Waals surface area contributed by atoms with Crippen LogP contribution in [0.2, 0.25) is 5.02 Å². The number of hydrogen-bond donors (Lipinski definition) is 0. The van der Waals surface area contributed by atoms with Crippen molar-refractivity contribution in [1.82, 2.24) is 4.98 Å². The molecule has 0 fully saturated rings. The number of alkyl halides is 3. The molecule has 0 bridgehead atoms. The third-order valence-electron chi connectivity index (χ3n) is 2.69. The molecule has 0 saturated heterocycles. The zero-order valence-electron chi connectivity index (χ0n) is 10.3. The number of esters is 1. The molecule has 0 saturated carbocycles. The molecule has 106 valence electrons. The van der Waals surface area contributed by atoms with Gasteiger partial charge in [-0.2, -0.15) is 13.2 Å². The van der Waals surface area contributed by atoms with Crippen LogP contribution in [0, 0.1) is 0 Å². The maximum atomic E-state index is 12.6. The topological polar surface area (TPSA) is 39.2 Å². The normalized spacial score (nSPS) is 11.7. The van der Waals surface area contributed by atoms with E-state index in [2.05, 4.69) is 9.72 Å². The maximum absolute atomic E-state index is 12.6. The van der Waals surface area contributed by atoms with Gasteiger partial charge in [-0.25, -0.2) is 0 Å². The van der Waals surface area contributed by atoms with E-state index in [0.29, 0.717) is 5.39 Å². The van der Waals surface area contributed by atoms with Crippen molar-refractivity contribution in [2.45, 2.75) is 12.6 Å². The number of halogens is 4. The van der Waals surface area contributed by atoms with E-state index in [4.69, 9.17) is 11.6 Å². The Morgan fingerprint density at radius 2 is 2.05 bits per heavy atom. The van der Waals surface area contributed by atoms with Crippen molar-refractivity contribution in [2.75, 3.05) is 7.11 Å². The van der Waals surface area contributed by atoms with Gasteiger partial charge in [-0.15, -0.1) is 0 Å². The molecule has 0 spiro atoms. The molecule has 1 heterocycles. The van der Waals surface area contributed by atoms with Gasteiger partial charge in [0.25, 0.3) is 0 Å². The van der Waals surface area contributed by atoms with Gasteiger partial charge in [0, 0.05) is 5.39 Å². The van der Waals surface area contributed by atoms with E-state index in [1.807, 2.05) is 0 Å². The number of hydrogen-bond acceptors (Lipinski definition) is 3. The summed E-state index contributed by atoms with van der Waals surface area (Å²) in [4.78, 5) is 15.2. The minimum absolute atomic E-state index is 0.0891. The molecule has 7 heteroatoms. The lowest BCUT2D eigenvalue weighted by atomic mass is 10.1. The second kappa shape index (κ2) is 5.28. The summed E-state index contributed by atoms with van der Waals surface area (Å²) in [6.45, 7) is 0. The van der Waals surface area contributed by atoms with Gasteiger partial charge >= 0.3 is 12.1 Å². The highest BCUT2D eigenvalue weighted by atomic mass is 35.5. The second-order valence-electron chi connectivity index (χ2n) is 4.08. The smallest absolute Gasteiger partial charge is 0.416 e. The van der Waals surface area contributed by atoms with Crippen molar-refractivity contribution in [1.29, 1.82) is 0 Å². The van der Waals surface area contributed by atoms with Crippen molar-refractivity contribution < 1.29 is 22.7 Å². The molecule has 0 aliphatic carbocycles. The number of benzene rings is 1. The third kappa shape index (κ3) is 3.01. The minimum Gasteiger partial charge on any atom is -0.469 e. The average molecular weight is 304 g/mol. The molecule has 0 amide bonds. The number of rotatable bonds is 2. The van der Waals surface area contributed by atoms with Crippen molar-refractivity contribution in [3.63, 3.8) is 0 Å². The van der Waals surface area contributed by atoms with E-state index in [1.165, 1.54) is 19.2 Å². The van der Waals surface area contributed by atoms with Crippen LogP contribution in [0.3, 0.4) is 0 Å². The second-order valence-corrected chi connectivity index (χ2v) is 4.49. The van der Waals surface area contributed by atoms with E-state index in [9.17, 15) is 18.0 Å². The zero-order chi connectivity index (χ0) is 14.9. The standard InChI is InChI=1S/C13H9ClF3NO2/c1-20-12(19)6-8-5-10(14)9-3-2-7(13(15,16)17)4-11(9)18-8/h2-5H,6H2,1H3. The fourth-order valence-electron chi connectivity index (χ4n) is 1.72. The Kier molecular flexibility index (Phi) is 3.85. The molecular weight excluding hydrogens is 295 g/mol. The number of carbonyl (C=O) groups is 1. The summed E-state index contributed by atoms with van der Waals surface area (Å²) in [6, 6.07) is 4.54. The molecule has 3 nitrogen and oxygen atoms in total. The highest BCUT2D eigenvalue weighted by Gasteiger charge is 2.30. The highest BCUT2D eigenvalue weighted by Crippen LogP contribution is 2.32. The molecule has 2 aromatic rings. The average Bonchev–Trinajstić information content (AvgIpc) is 2.36. The summed E-state index contributed by atoms with van der Waals surface area (Å²) < 4.78 is 42.4. The highest BCUT2D eigenvalue weighted by molar-refractivity contribution is 6.35. The van der Waals surface area contributed by atoms with Crippen LogP contribution in [0.15, 0.2) is 24.3 Å². The molecule has 2 rings (SSSR count). The van der Waals surface area contributed by atoms with E-state index in [-0.39, 0.29) is 22.7 Å². The van der Waals surface area contributed by atoms with Gasteiger partial charge in [-0.05, 0) is 18.2 Å². The molecule has 0 aliphatic heterocycles. The van der Waals surface area contributed by atoms with Crippen molar-refractivity contribution >= 4 is 28.5 Å². The largest absolute Gasteiger partial charge is 0.469 e. The van der Waals surface area contributed by atoms with E-state index < -0.39 is 17.7 Å². The molecule has 1 aromatic carbocycles. The van der Waals surface area contributed by atoms with Gasteiger partial charge in [0.15, 0.2) is 0 Å². The predicted molar refractivity (Wildman–Crippen MR) is 67.5 cm³/mol. The van der Waals surface area contributed by atoms with Crippen LogP contribution < -0.4 is 0 Å². The molecule has 0 atom stereocenters. The fourth-order valence-corrected chi connectivity index (χ4v) is 2.01. The van der Waals surface area contributed by atoms with E-state index in [0.717, 1.165) is 12.1 Å². The van der Waals surface area contributed by atoms with Gasteiger partial charge in [0.05, 0.1) is 35.3 Å². The summed E-state index contributed by atoms with van der Waals surface area (Å²) in [7, 11) is 1.22. The number of nitrogens with zero attached hydrogens (tertiary/aromatic N) is 1. The molecule has 0 aliphatic rings. The summed E-state index contributed by atoms with van der Waals surface area (Å²) in [5.74, 6) is -0.542. The van der Waals surface area contributed by atoms with E-state index in [1.54, 1.807) is 0 Å². The first-order chi connectivity index (χ1) is 9.31. The van der Waals surface area contributed by atoms with Crippen molar-refractivity contribution in [3.8, 4) is 0 Å². The van der Waals surface area contributed by atoms with Crippen LogP contribution in [0.5, 0.6) is 0 Å². The van der Waals surface area contributed by atoms with Crippen molar-refractivity contribution in [2.24, 2.45) is 0 Å². The third-order valence-corrected chi connectivity index (χ3v) is 3.01. The van der Waals surface area contributed by atoms with E-state index >= 15 is 0 Å². The number of aromatic nitrogens is 1. The van der Waals surface area contributed by atoms with Gasteiger partial charge in [0.2, 0.25) is 0 Å². The molecule has 0 radical (unpaired) electrons.